The standard InChI is InChI=1S/C16H20N2O4/c19-14(20)13-3-1-12(2-4-13)5-8-18-9-6-16(7-10-18)11-17-15(21)22-16/h1-4H,5-11H2,(H,17,21)(H,19,20). The first kappa shape index (κ1) is 14.8. The van der Waals surface area contributed by atoms with Crippen LogP contribution < -0.4 is 5.32 Å². The van der Waals surface area contributed by atoms with E-state index >= 15 is 0 Å². The van der Waals surface area contributed by atoms with Gasteiger partial charge in [-0.2, -0.15) is 0 Å². The van der Waals surface area contributed by atoms with Crippen LogP contribution in [-0.2, 0) is 11.2 Å². The Hall–Kier alpha value is -2.08. The van der Waals surface area contributed by atoms with Gasteiger partial charge in [-0.15, -0.1) is 0 Å². The van der Waals surface area contributed by atoms with Crippen molar-refractivity contribution in [2.45, 2.75) is 24.9 Å². The highest BCUT2D eigenvalue weighted by Crippen LogP contribution is 2.29. The van der Waals surface area contributed by atoms with Gasteiger partial charge in [-0.05, 0) is 24.1 Å². The molecule has 118 valence electrons. The lowest BCUT2D eigenvalue weighted by Gasteiger charge is -2.37. The predicted molar refractivity (Wildman–Crippen MR) is 80.0 cm³/mol. The van der Waals surface area contributed by atoms with E-state index in [0.717, 1.165) is 44.5 Å². The van der Waals surface area contributed by atoms with Crippen LogP contribution in [0.5, 0.6) is 0 Å². The van der Waals surface area contributed by atoms with Crippen molar-refractivity contribution in [1.82, 2.24) is 10.2 Å². The number of amides is 1. The molecule has 6 nitrogen and oxygen atoms in total. The highest BCUT2D eigenvalue weighted by atomic mass is 16.6. The van der Waals surface area contributed by atoms with Gasteiger partial charge in [-0.3, -0.25) is 0 Å². The van der Waals surface area contributed by atoms with Crippen molar-refractivity contribution < 1.29 is 19.4 Å². The summed E-state index contributed by atoms with van der Waals surface area (Å²) in [5, 5.41) is 11.6. The fourth-order valence-corrected chi connectivity index (χ4v) is 3.07. The van der Waals surface area contributed by atoms with E-state index in [0.29, 0.717) is 12.1 Å². The lowest BCUT2D eigenvalue weighted by atomic mass is 9.91. The van der Waals surface area contributed by atoms with Gasteiger partial charge >= 0.3 is 12.1 Å². The Bertz CT molecular complexity index is 562. The molecule has 1 amide bonds. The summed E-state index contributed by atoms with van der Waals surface area (Å²) in [6.45, 7) is 3.39. The molecule has 0 aromatic heterocycles. The number of aromatic carboxylic acids is 1. The third-order valence-corrected chi connectivity index (χ3v) is 4.55. The summed E-state index contributed by atoms with van der Waals surface area (Å²) in [6.07, 6.45) is 2.32. The smallest absolute Gasteiger partial charge is 0.407 e. The molecule has 2 N–H and O–H groups in total. The molecule has 1 aromatic carbocycles. The van der Waals surface area contributed by atoms with E-state index in [1.807, 2.05) is 12.1 Å². The van der Waals surface area contributed by atoms with E-state index in [9.17, 15) is 9.59 Å². The number of carboxylic acid groups (broad SMARTS) is 1. The van der Waals surface area contributed by atoms with Crippen molar-refractivity contribution in [2.24, 2.45) is 0 Å². The summed E-state index contributed by atoms with van der Waals surface area (Å²) >= 11 is 0. The molecule has 6 heteroatoms. The molecule has 2 aliphatic heterocycles. The molecule has 0 bridgehead atoms. The van der Waals surface area contributed by atoms with Crippen LogP contribution in [0.25, 0.3) is 0 Å². The minimum absolute atomic E-state index is 0.295. The normalized spacial score (nSPS) is 20.6. The Morgan fingerprint density at radius 1 is 1.27 bits per heavy atom. The van der Waals surface area contributed by atoms with Gasteiger partial charge in [0, 0.05) is 32.5 Å². The highest BCUT2D eigenvalue weighted by Gasteiger charge is 2.42. The molecule has 0 radical (unpaired) electrons. The van der Waals surface area contributed by atoms with Crippen LogP contribution in [0.4, 0.5) is 4.79 Å². The number of piperidine rings is 1. The molecule has 0 saturated carbocycles. The van der Waals surface area contributed by atoms with Crippen LogP contribution in [0, 0.1) is 0 Å². The second kappa shape index (κ2) is 5.96. The number of carbonyl (C=O) groups excluding carboxylic acids is 1. The van der Waals surface area contributed by atoms with Crippen molar-refractivity contribution in [3.05, 3.63) is 35.4 Å². The van der Waals surface area contributed by atoms with Crippen molar-refractivity contribution in [3.8, 4) is 0 Å². The van der Waals surface area contributed by atoms with E-state index in [-0.39, 0.29) is 11.7 Å². The minimum Gasteiger partial charge on any atom is -0.478 e. The number of nitrogens with one attached hydrogen (secondary N) is 1. The van der Waals surface area contributed by atoms with Crippen molar-refractivity contribution >= 4 is 12.1 Å². The number of ether oxygens (including phenoxy) is 1. The number of nitrogens with zero attached hydrogens (tertiary/aromatic N) is 1. The molecular weight excluding hydrogens is 284 g/mol. The fraction of sp³-hybridized carbons (Fsp3) is 0.500. The van der Waals surface area contributed by atoms with E-state index in [4.69, 9.17) is 9.84 Å². The average Bonchev–Trinajstić information content (AvgIpc) is 2.88. The highest BCUT2D eigenvalue weighted by molar-refractivity contribution is 5.87. The molecule has 1 aromatic rings. The predicted octanol–water partition coefficient (Wildman–Crippen LogP) is 1.50. The van der Waals surface area contributed by atoms with E-state index in [1.54, 1.807) is 12.1 Å². The summed E-state index contributed by atoms with van der Waals surface area (Å²) in [5.41, 5.74) is 1.16. The molecule has 2 fully saturated rings. The maximum atomic E-state index is 11.2. The third kappa shape index (κ3) is 3.22. The SMILES string of the molecule is O=C1NCC2(CCN(CCc3ccc(C(=O)O)cc3)CC2)O1. The van der Waals surface area contributed by atoms with E-state index < -0.39 is 5.97 Å². The lowest BCUT2D eigenvalue weighted by molar-refractivity contribution is 0.00122. The fourth-order valence-electron chi connectivity index (χ4n) is 3.07. The maximum Gasteiger partial charge on any atom is 0.407 e. The molecule has 2 aliphatic rings. The quantitative estimate of drug-likeness (QED) is 0.881. The second-order valence-corrected chi connectivity index (χ2v) is 6.02. The molecule has 0 aliphatic carbocycles. The number of carboxylic acids is 1. The van der Waals surface area contributed by atoms with Crippen molar-refractivity contribution in [2.75, 3.05) is 26.2 Å². The molecular formula is C16H20N2O4. The van der Waals surface area contributed by atoms with Crippen LogP contribution in [-0.4, -0.2) is 53.8 Å². The van der Waals surface area contributed by atoms with Gasteiger partial charge < -0.3 is 20.1 Å². The number of benzene rings is 1. The summed E-state index contributed by atoms with van der Waals surface area (Å²) in [5.74, 6) is -0.896. The summed E-state index contributed by atoms with van der Waals surface area (Å²) in [6, 6.07) is 7.04. The molecule has 0 unspecified atom stereocenters. The molecule has 2 saturated heterocycles. The Kier molecular flexibility index (Phi) is 4.02. The molecule has 3 rings (SSSR count). The summed E-state index contributed by atoms with van der Waals surface area (Å²) in [4.78, 5) is 24.4. The number of rotatable bonds is 4. The average molecular weight is 304 g/mol. The van der Waals surface area contributed by atoms with Gasteiger partial charge in [0.05, 0.1) is 12.1 Å². The zero-order chi connectivity index (χ0) is 15.6. The first-order valence-corrected chi connectivity index (χ1v) is 7.58. The van der Waals surface area contributed by atoms with E-state index in [2.05, 4.69) is 10.2 Å². The molecule has 22 heavy (non-hydrogen) atoms. The third-order valence-electron chi connectivity index (χ3n) is 4.55. The van der Waals surface area contributed by atoms with Crippen molar-refractivity contribution in [1.29, 1.82) is 0 Å². The molecule has 1 spiro atoms. The number of hydrogen-bond acceptors (Lipinski definition) is 4. The van der Waals surface area contributed by atoms with Gasteiger partial charge in [0.2, 0.25) is 0 Å². The number of carbonyl (C=O) groups is 2. The zero-order valence-corrected chi connectivity index (χ0v) is 12.4. The van der Waals surface area contributed by atoms with Gasteiger partial charge in [0.1, 0.15) is 5.60 Å². The first-order chi connectivity index (χ1) is 10.6. The maximum absolute atomic E-state index is 11.2. The topological polar surface area (TPSA) is 78.9 Å². The number of alkyl carbamates (subject to hydrolysis) is 1. The largest absolute Gasteiger partial charge is 0.478 e. The van der Waals surface area contributed by atoms with Crippen LogP contribution in [0.1, 0.15) is 28.8 Å². The minimum atomic E-state index is -0.896. The van der Waals surface area contributed by atoms with Crippen LogP contribution in [0.15, 0.2) is 24.3 Å². The first-order valence-electron chi connectivity index (χ1n) is 7.58. The van der Waals surface area contributed by atoms with Gasteiger partial charge in [-0.1, -0.05) is 12.1 Å². The Labute approximate surface area is 129 Å². The Balaban J connectivity index is 1.47. The van der Waals surface area contributed by atoms with Crippen LogP contribution >= 0.6 is 0 Å². The van der Waals surface area contributed by atoms with Gasteiger partial charge in [-0.25, -0.2) is 9.59 Å². The zero-order valence-electron chi connectivity index (χ0n) is 12.4. The lowest BCUT2D eigenvalue weighted by Crippen LogP contribution is -2.47. The Morgan fingerprint density at radius 3 is 2.50 bits per heavy atom. The summed E-state index contributed by atoms with van der Waals surface area (Å²) < 4.78 is 5.40. The Morgan fingerprint density at radius 2 is 1.95 bits per heavy atom. The number of likely N-dealkylation sites (tertiary alicyclic amines) is 1. The van der Waals surface area contributed by atoms with Crippen molar-refractivity contribution in [3.63, 3.8) is 0 Å². The molecule has 0 atom stereocenters. The van der Waals surface area contributed by atoms with E-state index in [1.165, 1.54) is 0 Å². The number of hydrogen-bond donors (Lipinski definition) is 2. The van der Waals surface area contributed by atoms with Gasteiger partial charge in [0.15, 0.2) is 0 Å². The van der Waals surface area contributed by atoms with Gasteiger partial charge in [0.25, 0.3) is 0 Å². The van der Waals surface area contributed by atoms with Crippen LogP contribution in [0.3, 0.4) is 0 Å². The van der Waals surface area contributed by atoms with Crippen LogP contribution in [0.2, 0.25) is 0 Å². The second-order valence-electron chi connectivity index (χ2n) is 6.02. The molecule has 2 heterocycles. The monoisotopic (exact) mass is 304 g/mol. The summed E-state index contributed by atoms with van der Waals surface area (Å²) in [7, 11) is 0.